The molecule has 0 aromatic carbocycles. The summed E-state index contributed by atoms with van der Waals surface area (Å²) in [4.78, 5) is 0. The molecule has 0 amide bonds. The molecule has 2 nitrogen and oxygen atoms in total. The van der Waals surface area contributed by atoms with E-state index < -0.39 is 0 Å². The van der Waals surface area contributed by atoms with Crippen LogP contribution in [0.25, 0.3) is 0 Å². The Morgan fingerprint density at radius 3 is 1.31 bits per heavy atom. The van der Waals surface area contributed by atoms with Gasteiger partial charge in [-0.25, -0.2) is 0 Å². The fraction of sp³-hybridized carbons (Fsp3) is 1.00. The van der Waals surface area contributed by atoms with Crippen LogP contribution in [0, 0.1) is 0 Å². The highest BCUT2D eigenvalue weighted by atomic mass is 127. The molecule has 0 aliphatic carbocycles. The Balaban J connectivity index is -0.000000845. The largest absolute Gasteiger partial charge is 0.319 e. The SMILES string of the molecule is CSC(N)CCCCCCC(N)SC.I.I. The van der Waals surface area contributed by atoms with Crippen molar-refractivity contribution in [1.29, 1.82) is 0 Å². The van der Waals surface area contributed by atoms with Crippen LogP contribution < -0.4 is 11.5 Å². The summed E-state index contributed by atoms with van der Waals surface area (Å²) in [6.07, 6.45) is 11.6. The standard InChI is InChI=1S/C10H24N2S2.2HI/c1-13-9(11)7-5-3-4-6-8-10(12)14-2;;/h9-10H,3-8,11-12H2,1-2H3;2*1H. The molecule has 6 heteroatoms. The molecule has 0 heterocycles. The van der Waals surface area contributed by atoms with E-state index in [0.29, 0.717) is 10.7 Å². The fourth-order valence-electron chi connectivity index (χ4n) is 1.28. The van der Waals surface area contributed by atoms with Gasteiger partial charge in [-0.05, 0) is 25.4 Å². The van der Waals surface area contributed by atoms with Crippen LogP contribution in [0.1, 0.15) is 38.5 Å². The molecule has 2 unspecified atom stereocenters. The van der Waals surface area contributed by atoms with Gasteiger partial charge in [0.2, 0.25) is 0 Å². The van der Waals surface area contributed by atoms with Crippen molar-refractivity contribution in [2.24, 2.45) is 11.5 Å². The summed E-state index contributed by atoms with van der Waals surface area (Å²) in [6, 6.07) is 0. The van der Waals surface area contributed by atoms with Gasteiger partial charge < -0.3 is 11.5 Å². The summed E-state index contributed by atoms with van der Waals surface area (Å²) in [7, 11) is 0. The van der Waals surface area contributed by atoms with Gasteiger partial charge in [0, 0.05) is 0 Å². The van der Waals surface area contributed by atoms with Crippen molar-refractivity contribution in [2.45, 2.75) is 49.3 Å². The first-order chi connectivity index (χ1) is 6.70. The van der Waals surface area contributed by atoms with Crippen molar-refractivity contribution in [2.75, 3.05) is 12.5 Å². The second kappa shape index (κ2) is 17.1. The lowest BCUT2D eigenvalue weighted by molar-refractivity contribution is 0.585. The minimum absolute atomic E-state index is 0. The second-order valence-corrected chi connectivity index (χ2v) is 5.69. The molecule has 0 bridgehead atoms. The molecule has 0 aromatic rings. The van der Waals surface area contributed by atoms with E-state index in [0.717, 1.165) is 12.8 Å². The van der Waals surface area contributed by atoms with Gasteiger partial charge in [-0.2, -0.15) is 0 Å². The number of hydrogen-bond donors (Lipinski definition) is 2. The van der Waals surface area contributed by atoms with Gasteiger partial charge in [-0.15, -0.1) is 71.5 Å². The van der Waals surface area contributed by atoms with E-state index in [4.69, 9.17) is 11.5 Å². The van der Waals surface area contributed by atoms with Crippen molar-refractivity contribution >= 4 is 71.5 Å². The summed E-state index contributed by atoms with van der Waals surface area (Å²) < 4.78 is 0. The lowest BCUT2D eigenvalue weighted by Gasteiger charge is -2.09. The molecular weight excluding hydrogens is 466 g/mol. The van der Waals surface area contributed by atoms with Crippen LogP contribution in [0.2, 0.25) is 0 Å². The molecule has 0 aliphatic rings. The van der Waals surface area contributed by atoms with Crippen LogP contribution in [0.4, 0.5) is 0 Å². The van der Waals surface area contributed by atoms with Gasteiger partial charge in [-0.1, -0.05) is 25.7 Å². The zero-order valence-electron chi connectivity index (χ0n) is 10.2. The molecule has 102 valence electrons. The third-order valence-electron chi connectivity index (χ3n) is 2.33. The zero-order valence-corrected chi connectivity index (χ0v) is 16.5. The highest BCUT2D eigenvalue weighted by molar-refractivity contribution is 14.0. The van der Waals surface area contributed by atoms with Crippen LogP contribution in [-0.4, -0.2) is 23.3 Å². The van der Waals surface area contributed by atoms with Crippen molar-refractivity contribution in [3.8, 4) is 0 Å². The third-order valence-corrected chi connectivity index (χ3v) is 4.02. The Hall–Kier alpha value is 2.08. The number of rotatable bonds is 9. The third kappa shape index (κ3) is 16.1. The zero-order chi connectivity index (χ0) is 10.8. The van der Waals surface area contributed by atoms with E-state index in [1.54, 1.807) is 23.5 Å². The second-order valence-electron chi connectivity index (χ2n) is 3.54. The summed E-state index contributed by atoms with van der Waals surface area (Å²) >= 11 is 3.50. The Kier molecular flexibility index (Phi) is 24.8. The molecule has 0 spiro atoms. The molecule has 0 saturated carbocycles. The Bertz CT molecular complexity index is 117. The van der Waals surface area contributed by atoms with Gasteiger partial charge in [0.1, 0.15) is 0 Å². The monoisotopic (exact) mass is 492 g/mol. The minimum atomic E-state index is 0. The van der Waals surface area contributed by atoms with Crippen molar-refractivity contribution in [3.05, 3.63) is 0 Å². The van der Waals surface area contributed by atoms with Gasteiger partial charge in [-0.3, -0.25) is 0 Å². The molecule has 0 saturated heterocycles. The van der Waals surface area contributed by atoms with E-state index in [9.17, 15) is 0 Å². The molecule has 0 radical (unpaired) electrons. The maximum Gasteiger partial charge on any atom is 0.0504 e. The number of thioether (sulfide) groups is 2. The van der Waals surface area contributed by atoms with Crippen LogP contribution in [-0.2, 0) is 0 Å². The van der Waals surface area contributed by atoms with Crippen LogP contribution in [0.5, 0.6) is 0 Å². The topological polar surface area (TPSA) is 52.0 Å². The van der Waals surface area contributed by atoms with E-state index in [1.807, 2.05) is 0 Å². The highest BCUT2D eigenvalue weighted by Crippen LogP contribution is 2.14. The van der Waals surface area contributed by atoms with Crippen LogP contribution >= 0.6 is 71.5 Å². The lowest BCUT2D eigenvalue weighted by Crippen LogP contribution is -2.14. The van der Waals surface area contributed by atoms with E-state index in [2.05, 4.69) is 12.5 Å². The van der Waals surface area contributed by atoms with E-state index in [1.165, 1.54) is 25.7 Å². The fourth-order valence-corrected chi connectivity index (χ4v) is 2.09. The number of hydrogen-bond acceptors (Lipinski definition) is 4. The predicted molar refractivity (Wildman–Crippen MR) is 102 cm³/mol. The first-order valence-electron chi connectivity index (χ1n) is 5.27. The average molecular weight is 492 g/mol. The van der Waals surface area contributed by atoms with Crippen molar-refractivity contribution in [3.63, 3.8) is 0 Å². The molecule has 0 fully saturated rings. The van der Waals surface area contributed by atoms with Crippen molar-refractivity contribution < 1.29 is 0 Å². The lowest BCUT2D eigenvalue weighted by atomic mass is 10.1. The van der Waals surface area contributed by atoms with Gasteiger partial charge in [0.15, 0.2) is 0 Å². The maximum atomic E-state index is 5.80. The molecule has 0 aliphatic heterocycles. The number of unbranched alkanes of at least 4 members (excludes halogenated alkanes) is 3. The van der Waals surface area contributed by atoms with Gasteiger partial charge in [0.25, 0.3) is 0 Å². The smallest absolute Gasteiger partial charge is 0.0504 e. The van der Waals surface area contributed by atoms with Crippen molar-refractivity contribution in [1.82, 2.24) is 0 Å². The molecule has 0 rings (SSSR count). The number of nitrogens with two attached hydrogens (primary N) is 2. The Morgan fingerprint density at radius 1 is 0.750 bits per heavy atom. The first-order valence-corrected chi connectivity index (χ1v) is 7.85. The highest BCUT2D eigenvalue weighted by Gasteiger charge is 2.00. The van der Waals surface area contributed by atoms with Gasteiger partial charge in [0.05, 0.1) is 10.7 Å². The average Bonchev–Trinajstić information content (AvgIpc) is 2.22. The summed E-state index contributed by atoms with van der Waals surface area (Å²) in [5.74, 6) is 0. The minimum Gasteiger partial charge on any atom is -0.319 e. The molecule has 0 aromatic heterocycles. The summed E-state index contributed by atoms with van der Waals surface area (Å²) in [5, 5.41) is 0.673. The van der Waals surface area contributed by atoms with E-state index >= 15 is 0 Å². The summed E-state index contributed by atoms with van der Waals surface area (Å²) in [5.41, 5.74) is 11.6. The molecule has 16 heavy (non-hydrogen) atoms. The van der Waals surface area contributed by atoms with Crippen LogP contribution in [0.3, 0.4) is 0 Å². The first kappa shape index (κ1) is 23.2. The van der Waals surface area contributed by atoms with Crippen LogP contribution in [0.15, 0.2) is 0 Å². The molecule has 4 N–H and O–H groups in total. The predicted octanol–water partition coefficient (Wildman–Crippen LogP) is 3.86. The Labute approximate surface area is 143 Å². The quantitative estimate of drug-likeness (QED) is 0.292. The molecule has 2 atom stereocenters. The van der Waals surface area contributed by atoms with Gasteiger partial charge >= 0.3 is 0 Å². The Morgan fingerprint density at radius 2 is 1.06 bits per heavy atom. The maximum absolute atomic E-state index is 5.80. The van der Waals surface area contributed by atoms with E-state index in [-0.39, 0.29) is 48.0 Å². The normalized spacial score (nSPS) is 13.5. The number of halogens is 2. The summed E-state index contributed by atoms with van der Waals surface area (Å²) in [6.45, 7) is 0. The molecular formula is C10H26I2N2S2.